The summed E-state index contributed by atoms with van der Waals surface area (Å²) in [6.07, 6.45) is 0.107. The van der Waals surface area contributed by atoms with Gasteiger partial charge in [-0.3, -0.25) is 73.1 Å². The molecule has 2 heterocycles. The van der Waals surface area contributed by atoms with Crippen molar-refractivity contribution in [1.29, 1.82) is 10.8 Å². The highest BCUT2D eigenvalue weighted by atomic mass is 16.4. The summed E-state index contributed by atoms with van der Waals surface area (Å²) in [5.41, 5.74) is 22.8. The minimum Gasteiger partial charge on any atom is -0.481 e. The van der Waals surface area contributed by atoms with Gasteiger partial charge in [0.1, 0.15) is 66.5 Å². The van der Waals surface area contributed by atoms with E-state index in [2.05, 4.69) is 68.8 Å². The average Bonchev–Trinajstić information content (AvgIpc) is 1.63. The molecule has 25 N–H and O–H groups in total. The molecule has 1 aromatic carbocycles. The van der Waals surface area contributed by atoms with Crippen LogP contribution in [0.25, 0.3) is 10.9 Å². The highest BCUT2D eigenvalue weighted by Crippen LogP contribution is 2.21. The van der Waals surface area contributed by atoms with Crippen molar-refractivity contribution in [3.05, 3.63) is 36.0 Å². The Labute approximate surface area is 531 Å². The van der Waals surface area contributed by atoms with Crippen LogP contribution >= 0.6 is 0 Å². The van der Waals surface area contributed by atoms with Gasteiger partial charge in [-0.1, -0.05) is 51.8 Å². The molecule has 35 heteroatoms. The van der Waals surface area contributed by atoms with Crippen molar-refractivity contribution in [3.8, 4) is 0 Å². The predicted molar refractivity (Wildman–Crippen MR) is 333 cm³/mol. The van der Waals surface area contributed by atoms with Crippen molar-refractivity contribution in [2.24, 2.45) is 22.9 Å². The SMILES string of the molecule is CCC[C@H](NC(=O)CN)C(=O)N[C@@H](CC)C(=O)N[C@@H](CO)C(=O)N[C@@H](CC(=O)O)C(=O)N1CCCC1C(=O)N[C@@H](CCCNC(=N)N)C(=O)N[C@@H](CCC)C(=O)N[C@@H](C)C(=O)N[C@@H](Cc1cc2ccccc2[nH]1)C(=O)N[C@@H](CCCNC(=N)N)C(=O)N[C@@H](C)C(N)=O. The van der Waals surface area contributed by atoms with Gasteiger partial charge < -0.3 is 107 Å². The number of aliphatic hydroxyl groups excluding tert-OH is 1. The van der Waals surface area contributed by atoms with Crippen LogP contribution in [0.2, 0.25) is 0 Å². The summed E-state index contributed by atoms with van der Waals surface area (Å²) in [6.45, 7) is 6.27. The van der Waals surface area contributed by atoms with Crippen molar-refractivity contribution in [2.75, 3.05) is 32.8 Å². The van der Waals surface area contributed by atoms with Gasteiger partial charge in [-0.05, 0) is 89.2 Å². The molecule has 1 fully saturated rings. The molecule has 0 bridgehead atoms. The van der Waals surface area contributed by atoms with Gasteiger partial charge in [-0.2, -0.15) is 0 Å². The van der Waals surface area contributed by atoms with Crippen LogP contribution in [0.5, 0.6) is 0 Å². The molecule has 11 atom stereocenters. The number of carboxylic acids is 1. The zero-order valence-electron chi connectivity index (χ0n) is 52.4. The van der Waals surface area contributed by atoms with Crippen molar-refractivity contribution in [1.82, 2.24) is 73.7 Å². The molecule has 35 nitrogen and oxygen atoms in total. The van der Waals surface area contributed by atoms with Gasteiger partial charge in [0.2, 0.25) is 70.9 Å². The Bertz CT molecular complexity index is 2910. The van der Waals surface area contributed by atoms with Gasteiger partial charge in [0.05, 0.1) is 19.6 Å². The third-order valence-electron chi connectivity index (χ3n) is 14.7. The van der Waals surface area contributed by atoms with E-state index >= 15 is 0 Å². The van der Waals surface area contributed by atoms with E-state index in [9.17, 15) is 72.5 Å². The molecular formula is C57H92N20O15. The lowest BCUT2D eigenvalue weighted by molar-refractivity contribution is -0.146. The average molecular weight is 1300 g/mol. The highest BCUT2D eigenvalue weighted by Gasteiger charge is 2.41. The van der Waals surface area contributed by atoms with Gasteiger partial charge >= 0.3 is 5.97 Å². The number of fused-ring (bicyclic) bond motifs is 1. The van der Waals surface area contributed by atoms with E-state index in [4.69, 9.17) is 33.8 Å². The monoisotopic (exact) mass is 1300 g/mol. The van der Waals surface area contributed by atoms with E-state index < -0.39 is 169 Å². The first-order valence-corrected chi connectivity index (χ1v) is 30.5. The number of nitrogens with one attached hydrogen (secondary N) is 15. The number of H-pyrrole nitrogens is 1. The number of guanidine groups is 2. The second-order valence-electron chi connectivity index (χ2n) is 22.1. The van der Waals surface area contributed by atoms with Crippen LogP contribution in [0, 0.1) is 10.8 Å². The number of nitrogens with two attached hydrogens (primary N) is 4. The molecule has 1 aromatic heterocycles. The molecule has 0 radical (unpaired) electrons. The first-order chi connectivity index (χ1) is 43.6. The highest BCUT2D eigenvalue weighted by molar-refractivity contribution is 6.00. The molecule has 0 saturated carbocycles. The Kier molecular flexibility index (Phi) is 32.3. The zero-order chi connectivity index (χ0) is 68.8. The fraction of sp³-hybridized carbons (Fsp3) is 0.596. The maximum atomic E-state index is 14.3. The molecule has 12 amide bonds. The third-order valence-corrected chi connectivity index (χ3v) is 14.7. The number of primary amides is 1. The second-order valence-corrected chi connectivity index (χ2v) is 22.1. The Morgan fingerprint density at radius 3 is 1.59 bits per heavy atom. The van der Waals surface area contributed by atoms with Crippen molar-refractivity contribution in [3.63, 3.8) is 0 Å². The zero-order valence-corrected chi connectivity index (χ0v) is 52.4. The fourth-order valence-corrected chi connectivity index (χ4v) is 9.75. The van der Waals surface area contributed by atoms with Gasteiger partial charge in [0.15, 0.2) is 11.9 Å². The second kappa shape index (κ2) is 38.8. The summed E-state index contributed by atoms with van der Waals surface area (Å²) in [7, 11) is 0. The minimum atomic E-state index is -1.87. The number of carbonyl (C=O) groups is 13. The molecule has 1 unspecified atom stereocenters. The summed E-state index contributed by atoms with van der Waals surface area (Å²) < 4.78 is 0. The number of aliphatic carboxylic acids is 1. The van der Waals surface area contributed by atoms with Crippen LogP contribution in [-0.4, -0.2) is 208 Å². The van der Waals surface area contributed by atoms with Crippen LogP contribution in [-0.2, 0) is 68.7 Å². The van der Waals surface area contributed by atoms with Gasteiger partial charge in [0.25, 0.3) is 0 Å². The Morgan fingerprint density at radius 2 is 1.07 bits per heavy atom. The lowest BCUT2D eigenvalue weighted by Crippen LogP contribution is -2.61. The van der Waals surface area contributed by atoms with Gasteiger partial charge in [-0.25, -0.2) is 0 Å². The quantitative estimate of drug-likeness (QED) is 0.0168. The van der Waals surface area contributed by atoms with Crippen LogP contribution in [0.3, 0.4) is 0 Å². The molecule has 0 aliphatic carbocycles. The standard InChI is InChI=1S/C57H92N20O15/c1-6-14-35(69-43(79)27-58)50(87)70-33(8-3)47(84)76-41(28-78)53(90)75-40(26-44(80)81)55(92)77-23-13-20-42(77)54(91)73-38(19-12-22-65-57(62)63)51(88)71-36(15-7-2)48(85)67-30(5)46(83)74-39(25-32-24-31-16-9-10-17-34(31)68-32)52(89)72-37(18-11-21-64-56(60)61)49(86)66-29(4)45(59)82/h9-10,16-17,24,29-30,33,35-42,68,78H,6-8,11-15,18-23,25-28,58H2,1-5H3,(H2,59,82)(H,66,86)(H,67,85)(H,69,79)(H,70,87)(H,71,88)(H,72,89)(H,73,91)(H,74,83)(H,75,90)(H,76,84)(H,80,81)(H4,60,61,64)(H4,62,63,65)/t29-,30-,33-,35-,36-,37-,38-,39-,40-,41-,42?/m0/s1. The van der Waals surface area contributed by atoms with Crippen LogP contribution in [0.1, 0.15) is 117 Å². The van der Waals surface area contributed by atoms with E-state index in [1.54, 1.807) is 38.1 Å². The topological polar surface area (TPSA) is 578 Å². The number of hydrogen-bond acceptors (Lipinski definition) is 17. The lowest BCUT2D eigenvalue weighted by atomic mass is 10.1. The first-order valence-electron chi connectivity index (χ1n) is 30.5. The summed E-state index contributed by atoms with van der Waals surface area (Å²) in [6, 6.07) is -6.37. The van der Waals surface area contributed by atoms with Crippen LogP contribution in [0.4, 0.5) is 0 Å². The molecular weight excluding hydrogens is 1200 g/mol. The summed E-state index contributed by atoms with van der Waals surface area (Å²) >= 11 is 0. The van der Waals surface area contributed by atoms with Crippen LogP contribution < -0.4 is 86.7 Å². The molecule has 0 spiro atoms. The predicted octanol–water partition coefficient (Wildman–Crippen LogP) is -5.96. The van der Waals surface area contributed by atoms with Crippen molar-refractivity contribution in [2.45, 2.75) is 185 Å². The molecule has 1 saturated heterocycles. The van der Waals surface area contributed by atoms with E-state index in [0.29, 0.717) is 24.1 Å². The van der Waals surface area contributed by atoms with E-state index in [0.717, 1.165) is 10.3 Å². The third kappa shape index (κ3) is 25.3. The number of likely N-dealkylation sites (tertiary alicyclic amines) is 1. The van der Waals surface area contributed by atoms with E-state index in [-0.39, 0.29) is 89.8 Å². The van der Waals surface area contributed by atoms with Crippen LogP contribution in [0.15, 0.2) is 30.3 Å². The van der Waals surface area contributed by atoms with Crippen molar-refractivity contribution < 1.29 is 72.5 Å². The molecule has 1 aliphatic rings. The normalized spacial score (nSPS) is 15.9. The summed E-state index contributed by atoms with van der Waals surface area (Å²) in [5.74, 6) is -12.8. The number of amides is 12. The summed E-state index contributed by atoms with van der Waals surface area (Å²) in [5, 5.41) is 66.1. The Morgan fingerprint density at radius 1 is 0.598 bits per heavy atom. The number of nitrogens with zero attached hydrogens (tertiary/aromatic N) is 1. The van der Waals surface area contributed by atoms with Gasteiger partial charge in [-0.15, -0.1) is 0 Å². The number of carbonyl (C=O) groups excluding carboxylic acids is 12. The largest absolute Gasteiger partial charge is 0.481 e. The number of benzene rings is 1. The van der Waals surface area contributed by atoms with E-state index in [1.807, 2.05) is 6.07 Å². The number of aromatic amines is 1. The van der Waals surface area contributed by atoms with E-state index in [1.165, 1.54) is 20.8 Å². The molecule has 92 heavy (non-hydrogen) atoms. The molecule has 1 aliphatic heterocycles. The molecule has 510 valence electrons. The first kappa shape index (κ1) is 76.6. The molecule has 2 aromatic rings. The number of carboxylic acid groups (broad SMARTS) is 1. The van der Waals surface area contributed by atoms with Crippen molar-refractivity contribution >= 4 is 99.7 Å². The maximum absolute atomic E-state index is 14.3. The smallest absolute Gasteiger partial charge is 0.305 e. The lowest BCUT2D eigenvalue weighted by Gasteiger charge is -2.30. The Balaban J connectivity index is 1.84. The number of hydrogen-bond donors (Lipinski definition) is 21. The minimum absolute atomic E-state index is 0.00220. The maximum Gasteiger partial charge on any atom is 0.305 e. The number of aromatic nitrogens is 1. The number of para-hydroxylation sites is 1. The fourth-order valence-electron chi connectivity index (χ4n) is 9.75. The van der Waals surface area contributed by atoms with Gasteiger partial charge in [0, 0.05) is 37.3 Å². The number of rotatable bonds is 40. The summed E-state index contributed by atoms with van der Waals surface area (Å²) in [4.78, 5) is 179. The number of aliphatic hydroxyl groups is 1. The Hall–Kier alpha value is -9.67. The molecule has 3 rings (SSSR count).